The number of aromatic nitrogens is 1. The average molecular weight is 278 g/mol. The summed E-state index contributed by atoms with van der Waals surface area (Å²) in [4.78, 5) is 6.95. The van der Waals surface area contributed by atoms with E-state index in [0.29, 0.717) is 0 Å². The van der Waals surface area contributed by atoms with Crippen LogP contribution in [0.5, 0.6) is 0 Å². The monoisotopic (exact) mass is 278 g/mol. The fourth-order valence-electron chi connectivity index (χ4n) is 2.84. The Bertz CT molecular complexity index is 417. The van der Waals surface area contributed by atoms with Gasteiger partial charge in [-0.3, -0.25) is 9.88 Å². The topological polar surface area (TPSA) is 45.6 Å². The molecule has 1 N–H and O–H groups in total. The fourth-order valence-corrected chi connectivity index (χ4v) is 2.84. The number of hydrogen-bond acceptors (Lipinski definition) is 4. The summed E-state index contributed by atoms with van der Waals surface area (Å²) in [5.74, 6) is 0. The van der Waals surface area contributed by atoms with Gasteiger partial charge in [-0.1, -0.05) is 13.0 Å². The lowest BCUT2D eigenvalue weighted by atomic mass is 9.80. The van der Waals surface area contributed by atoms with E-state index < -0.39 is 0 Å². The third kappa shape index (κ3) is 4.01. The quantitative estimate of drug-likeness (QED) is 0.864. The highest BCUT2D eigenvalue weighted by Crippen LogP contribution is 2.31. The molecule has 112 valence electrons. The van der Waals surface area contributed by atoms with E-state index in [1.54, 1.807) is 0 Å². The molecule has 1 saturated heterocycles. The number of hydrogen-bond donors (Lipinski definition) is 1. The van der Waals surface area contributed by atoms with Crippen molar-refractivity contribution in [2.24, 2.45) is 5.41 Å². The molecule has 0 amide bonds. The van der Waals surface area contributed by atoms with Crippen LogP contribution in [0.25, 0.3) is 0 Å². The predicted molar refractivity (Wildman–Crippen MR) is 79.5 cm³/mol. The van der Waals surface area contributed by atoms with Crippen LogP contribution in [0.4, 0.5) is 0 Å². The molecule has 1 fully saturated rings. The molecule has 0 radical (unpaired) electrons. The maximum absolute atomic E-state index is 9.80. The summed E-state index contributed by atoms with van der Waals surface area (Å²) in [6.45, 7) is 8.70. The number of aliphatic hydroxyl groups is 1. The largest absolute Gasteiger partial charge is 0.396 e. The SMILES string of the molecule is CCN(Cc1cccc(C)n1)CC1(CO)CCOCC1. The Hall–Kier alpha value is -0.970. The third-order valence-corrected chi connectivity index (χ3v) is 4.23. The fraction of sp³-hybridized carbons (Fsp3) is 0.688. The van der Waals surface area contributed by atoms with Crippen molar-refractivity contribution in [1.82, 2.24) is 9.88 Å². The average Bonchev–Trinajstić information content (AvgIpc) is 2.47. The number of pyridine rings is 1. The molecule has 20 heavy (non-hydrogen) atoms. The van der Waals surface area contributed by atoms with Crippen LogP contribution in [-0.4, -0.2) is 47.9 Å². The van der Waals surface area contributed by atoms with Gasteiger partial charge < -0.3 is 9.84 Å². The first-order valence-electron chi connectivity index (χ1n) is 7.51. The van der Waals surface area contributed by atoms with Crippen molar-refractivity contribution in [1.29, 1.82) is 0 Å². The highest BCUT2D eigenvalue weighted by Gasteiger charge is 2.33. The standard InChI is InChI=1S/C16H26N2O2/c1-3-18(11-15-6-4-5-14(2)17-15)12-16(13-19)7-9-20-10-8-16/h4-6,19H,3,7-13H2,1-2H3. The van der Waals surface area contributed by atoms with Crippen LogP contribution < -0.4 is 0 Å². The van der Waals surface area contributed by atoms with Crippen molar-refractivity contribution >= 4 is 0 Å². The molecule has 0 unspecified atom stereocenters. The molecule has 1 aromatic heterocycles. The normalized spacial score (nSPS) is 18.4. The molecule has 1 aliphatic heterocycles. The highest BCUT2D eigenvalue weighted by molar-refractivity contribution is 5.09. The summed E-state index contributed by atoms with van der Waals surface area (Å²) >= 11 is 0. The Labute approximate surface area is 121 Å². The lowest BCUT2D eigenvalue weighted by molar-refractivity contribution is -0.0349. The van der Waals surface area contributed by atoms with E-state index in [2.05, 4.69) is 28.9 Å². The summed E-state index contributed by atoms with van der Waals surface area (Å²) in [5.41, 5.74) is 2.16. The van der Waals surface area contributed by atoms with Gasteiger partial charge in [0.05, 0.1) is 12.3 Å². The van der Waals surface area contributed by atoms with Gasteiger partial charge in [0.25, 0.3) is 0 Å². The molecule has 4 heteroatoms. The van der Waals surface area contributed by atoms with Gasteiger partial charge in [0.2, 0.25) is 0 Å². The zero-order chi connectivity index (χ0) is 14.4. The van der Waals surface area contributed by atoms with Crippen molar-refractivity contribution < 1.29 is 9.84 Å². The van der Waals surface area contributed by atoms with Gasteiger partial charge in [-0.15, -0.1) is 0 Å². The van der Waals surface area contributed by atoms with Gasteiger partial charge in [-0.25, -0.2) is 0 Å². The van der Waals surface area contributed by atoms with E-state index in [9.17, 15) is 5.11 Å². The van der Waals surface area contributed by atoms with E-state index in [0.717, 1.165) is 57.1 Å². The number of ether oxygens (including phenoxy) is 1. The minimum atomic E-state index is -0.00190. The molecular weight excluding hydrogens is 252 g/mol. The molecule has 0 bridgehead atoms. The highest BCUT2D eigenvalue weighted by atomic mass is 16.5. The Kier molecular flexibility index (Phi) is 5.52. The number of rotatable bonds is 6. The van der Waals surface area contributed by atoms with E-state index in [1.165, 1.54) is 0 Å². The van der Waals surface area contributed by atoms with Crippen molar-refractivity contribution in [2.75, 3.05) is 32.9 Å². The molecule has 2 rings (SSSR count). The van der Waals surface area contributed by atoms with E-state index in [-0.39, 0.29) is 12.0 Å². The molecular formula is C16H26N2O2. The molecule has 0 aromatic carbocycles. The van der Waals surface area contributed by atoms with Crippen LogP contribution >= 0.6 is 0 Å². The first kappa shape index (κ1) is 15.4. The van der Waals surface area contributed by atoms with E-state index in [4.69, 9.17) is 4.74 Å². The first-order chi connectivity index (χ1) is 9.67. The van der Waals surface area contributed by atoms with Crippen LogP contribution in [0.2, 0.25) is 0 Å². The summed E-state index contributed by atoms with van der Waals surface area (Å²) in [6.07, 6.45) is 1.89. The van der Waals surface area contributed by atoms with Gasteiger partial charge in [0.1, 0.15) is 0 Å². The lowest BCUT2D eigenvalue weighted by Gasteiger charge is -2.39. The Morgan fingerprint density at radius 1 is 1.35 bits per heavy atom. The molecule has 0 atom stereocenters. The first-order valence-corrected chi connectivity index (χ1v) is 7.51. The Balaban J connectivity index is 2.00. The second-order valence-electron chi connectivity index (χ2n) is 5.84. The van der Waals surface area contributed by atoms with Crippen molar-refractivity contribution in [2.45, 2.75) is 33.2 Å². The van der Waals surface area contributed by atoms with Crippen molar-refractivity contribution in [3.8, 4) is 0 Å². The van der Waals surface area contributed by atoms with Gasteiger partial charge >= 0.3 is 0 Å². The molecule has 4 nitrogen and oxygen atoms in total. The molecule has 0 spiro atoms. The van der Waals surface area contributed by atoms with Gasteiger partial charge in [-0.2, -0.15) is 0 Å². The van der Waals surface area contributed by atoms with Crippen molar-refractivity contribution in [3.63, 3.8) is 0 Å². The molecule has 0 saturated carbocycles. The zero-order valence-electron chi connectivity index (χ0n) is 12.6. The summed E-state index contributed by atoms with van der Waals surface area (Å²) in [6, 6.07) is 6.15. The lowest BCUT2D eigenvalue weighted by Crippen LogP contribution is -2.43. The molecule has 2 heterocycles. The van der Waals surface area contributed by atoms with Crippen LogP contribution in [0.1, 0.15) is 31.2 Å². The minimum absolute atomic E-state index is 0.00190. The number of aryl methyl sites for hydroxylation is 1. The summed E-state index contributed by atoms with van der Waals surface area (Å²) < 4.78 is 5.43. The van der Waals surface area contributed by atoms with Crippen LogP contribution in [-0.2, 0) is 11.3 Å². The van der Waals surface area contributed by atoms with Gasteiger partial charge in [0.15, 0.2) is 0 Å². The molecule has 1 aromatic rings. The zero-order valence-corrected chi connectivity index (χ0v) is 12.6. The second-order valence-corrected chi connectivity index (χ2v) is 5.84. The predicted octanol–water partition coefficient (Wildman–Crippen LogP) is 2.00. The molecule has 1 aliphatic rings. The second kappa shape index (κ2) is 7.16. The Morgan fingerprint density at radius 2 is 2.10 bits per heavy atom. The van der Waals surface area contributed by atoms with Crippen molar-refractivity contribution in [3.05, 3.63) is 29.6 Å². The molecule has 0 aliphatic carbocycles. The smallest absolute Gasteiger partial charge is 0.0547 e. The van der Waals surface area contributed by atoms with Gasteiger partial charge in [0, 0.05) is 37.4 Å². The maximum Gasteiger partial charge on any atom is 0.0547 e. The number of aliphatic hydroxyl groups excluding tert-OH is 1. The van der Waals surface area contributed by atoms with E-state index >= 15 is 0 Å². The van der Waals surface area contributed by atoms with Gasteiger partial charge in [-0.05, 0) is 38.4 Å². The Morgan fingerprint density at radius 3 is 2.70 bits per heavy atom. The number of nitrogens with zero attached hydrogens (tertiary/aromatic N) is 2. The van der Waals surface area contributed by atoms with Crippen LogP contribution in [0.3, 0.4) is 0 Å². The van der Waals surface area contributed by atoms with Crippen LogP contribution in [0.15, 0.2) is 18.2 Å². The summed E-state index contributed by atoms with van der Waals surface area (Å²) in [7, 11) is 0. The van der Waals surface area contributed by atoms with Crippen LogP contribution in [0, 0.1) is 12.3 Å². The summed E-state index contributed by atoms with van der Waals surface area (Å²) in [5, 5.41) is 9.80. The minimum Gasteiger partial charge on any atom is -0.396 e. The third-order valence-electron chi connectivity index (χ3n) is 4.23. The van der Waals surface area contributed by atoms with E-state index in [1.807, 2.05) is 13.0 Å². The maximum atomic E-state index is 9.80.